The molecule has 0 aromatic heterocycles. The van der Waals surface area contributed by atoms with Gasteiger partial charge < -0.3 is 11.1 Å². The molecule has 0 fully saturated rings. The number of rotatable bonds is 5. The van der Waals surface area contributed by atoms with Crippen LogP contribution in [-0.4, -0.2) is 34.7 Å². The zero-order valence-electron chi connectivity index (χ0n) is 10.2. The Morgan fingerprint density at radius 2 is 2.06 bits per heavy atom. The van der Waals surface area contributed by atoms with Crippen molar-refractivity contribution in [2.45, 2.75) is 26.8 Å². The zero-order valence-corrected chi connectivity index (χ0v) is 11.8. The topological polar surface area (TPSA) is 53.3 Å². The molecule has 0 aromatic rings. The van der Waals surface area contributed by atoms with Crippen molar-refractivity contribution in [2.24, 2.45) is 5.73 Å². The average Bonchev–Trinajstić information content (AvgIpc) is 2.26. The van der Waals surface area contributed by atoms with E-state index in [0.717, 1.165) is 23.7 Å². The maximum Gasteiger partial charge on any atom is 0.183 e. The highest BCUT2D eigenvalue weighted by Crippen LogP contribution is 1.88. The van der Waals surface area contributed by atoms with Gasteiger partial charge in [-0.2, -0.15) is 0 Å². The van der Waals surface area contributed by atoms with E-state index < -0.39 is 0 Å². The predicted molar refractivity (Wildman–Crippen MR) is 79.3 cm³/mol. The van der Waals surface area contributed by atoms with Crippen LogP contribution in [0.25, 0.3) is 0 Å². The fourth-order valence-corrected chi connectivity index (χ4v) is 1.23. The molecule has 0 spiro atoms. The molecule has 1 unspecified atom stereocenters. The van der Waals surface area contributed by atoms with E-state index >= 15 is 0 Å². The fraction of sp³-hybridized carbons (Fsp3) is 0.600. The molecule has 0 aliphatic carbocycles. The lowest BCUT2D eigenvalue weighted by Gasteiger charge is -2.25. The van der Waals surface area contributed by atoms with E-state index in [9.17, 15) is 0 Å². The van der Waals surface area contributed by atoms with Crippen molar-refractivity contribution in [3.05, 3.63) is 12.7 Å². The van der Waals surface area contributed by atoms with Gasteiger partial charge in [-0.25, -0.2) is 5.43 Å². The van der Waals surface area contributed by atoms with Gasteiger partial charge in [0, 0.05) is 19.1 Å². The number of hydrogen-bond donors (Lipinski definition) is 3. The smallest absolute Gasteiger partial charge is 0.183 e. The molecule has 0 aliphatic heterocycles. The fourth-order valence-electron chi connectivity index (χ4n) is 0.850. The lowest BCUT2D eigenvalue weighted by atomic mass is 10.3. The van der Waals surface area contributed by atoms with Gasteiger partial charge >= 0.3 is 0 Å². The molecule has 4 N–H and O–H groups in total. The summed E-state index contributed by atoms with van der Waals surface area (Å²) in [5.74, 6) is 0. The van der Waals surface area contributed by atoms with E-state index in [4.69, 9.17) is 12.2 Å². The Morgan fingerprint density at radius 1 is 1.56 bits per heavy atom. The lowest BCUT2D eigenvalue weighted by Crippen LogP contribution is -2.49. The van der Waals surface area contributed by atoms with E-state index in [1.54, 1.807) is 0 Å². The minimum atomic E-state index is 0.209. The Kier molecular flexibility index (Phi) is 13.6. The SMILES string of the molecule is C=CC(C)NC(=S)N(CC)NCC.NC=S. The molecule has 0 saturated carbocycles. The number of hydrogen-bond acceptors (Lipinski definition) is 3. The summed E-state index contributed by atoms with van der Waals surface area (Å²) in [4.78, 5) is 0. The summed E-state index contributed by atoms with van der Waals surface area (Å²) in [5, 5.41) is 5.77. The van der Waals surface area contributed by atoms with E-state index in [0.29, 0.717) is 0 Å². The molecule has 0 saturated heterocycles. The second-order valence-corrected chi connectivity index (χ2v) is 3.52. The molecule has 94 valence electrons. The highest BCUT2D eigenvalue weighted by Gasteiger charge is 2.06. The maximum atomic E-state index is 5.19. The standard InChI is InChI=1S/C9H19N3S.CH3NS/c1-5-8(4)11-9(13)12(7-3)10-6-2;2-1-3/h5,8,10H,1,6-7H2,2-4H3,(H,11,13);1H,(H2,2,3). The summed E-state index contributed by atoms with van der Waals surface area (Å²) < 4.78 is 0. The minimum absolute atomic E-state index is 0.209. The van der Waals surface area contributed by atoms with E-state index in [2.05, 4.69) is 42.2 Å². The van der Waals surface area contributed by atoms with Gasteiger partial charge in [0.15, 0.2) is 5.11 Å². The Morgan fingerprint density at radius 3 is 2.38 bits per heavy atom. The third-order valence-corrected chi connectivity index (χ3v) is 1.95. The molecule has 0 aliphatic rings. The molecular formula is C10H22N4S2. The van der Waals surface area contributed by atoms with Gasteiger partial charge in [-0.15, -0.1) is 6.58 Å². The Labute approximate surface area is 109 Å². The second-order valence-electron chi connectivity index (χ2n) is 2.87. The van der Waals surface area contributed by atoms with Gasteiger partial charge in [-0.1, -0.05) is 25.2 Å². The summed E-state index contributed by atoms with van der Waals surface area (Å²) in [7, 11) is 0. The first-order valence-corrected chi connectivity index (χ1v) is 6.04. The first kappa shape index (κ1) is 17.7. The van der Waals surface area contributed by atoms with Crippen molar-refractivity contribution in [3.8, 4) is 0 Å². The Bertz CT molecular complexity index is 209. The molecule has 0 rings (SSSR count). The average molecular weight is 262 g/mol. The molecule has 16 heavy (non-hydrogen) atoms. The van der Waals surface area contributed by atoms with Crippen LogP contribution in [0.2, 0.25) is 0 Å². The molecule has 0 heterocycles. The van der Waals surface area contributed by atoms with Crippen LogP contribution in [0.4, 0.5) is 0 Å². The monoisotopic (exact) mass is 262 g/mol. The summed E-state index contributed by atoms with van der Waals surface area (Å²) >= 11 is 9.23. The molecule has 6 heteroatoms. The molecule has 0 bridgehead atoms. The zero-order chi connectivity index (χ0) is 13.0. The first-order valence-electron chi connectivity index (χ1n) is 5.16. The van der Waals surface area contributed by atoms with Crippen LogP contribution in [0, 0.1) is 0 Å². The number of nitrogens with two attached hydrogens (primary N) is 1. The maximum absolute atomic E-state index is 5.19. The van der Waals surface area contributed by atoms with Crippen molar-refractivity contribution in [2.75, 3.05) is 13.1 Å². The Balaban J connectivity index is 0. The molecule has 0 aromatic carbocycles. The van der Waals surface area contributed by atoms with Crippen molar-refractivity contribution in [1.82, 2.24) is 15.8 Å². The van der Waals surface area contributed by atoms with Crippen LogP contribution < -0.4 is 16.5 Å². The number of thiocarbonyl (C=S) groups is 2. The van der Waals surface area contributed by atoms with E-state index in [-0.39, 0.29) is 6.04 Å². The third kappa shape index (κ3) is 9.82. The van der Waals surface area contributed by atoms with Crippen molar-refractivity contribution in [1.29, 1.82) is 0 Å². The van der Waals surface area contributed by atoms with E-state index in [1.165, 1.54) is 0 Å². The first-order chi connectivity index (χ1) is 7.56. The van der Waals surface area contributed by atoms with Crippen LogP contribution in [0.5, 0.6) is 0 Å². The van der Waals surface area contributed by atoms with Crippen molar-refractivity contribution >= 4 is 35.0 Å². The van der Waals surface area contributed by atoms with Gasteiger partial charge in [0.2, 0.25) is 0 Å². The molecular weight excluding hydrogens is 240 g/mol. The molecule has 4 nitrogen and oxygen atoms in total. The van der Waals surface area contributed by atoms with Gasteiger partial charge in [-0.3, -0.25) is 5.01 Å². The van der Waals surface area contributed by atoms with Gasteiger partial charge in [0.25, 0.3) is 0 Å². The van der Waals surface area contributed by atoms with Crippen LogP contribution in [-0.2, 0) is 0 Å². The second kappa shape index (κ2) is 12.4. The number of hydrazine groups is 1. The summed E-state index contributed by atoms with van der Waals surface area (Å²) in [6, 6.07) is 0.209. The third-order valence-electron chi connectivity index (χ3n) is 1.62. The van der Waals surface area contributed by atoms with Crippen molar-refractivity contribution in [3.63, 3.8) is 0 Å². The summed E-state index contributed by atoms with van der Waals surface area (Å²) in [6.45, 7) is 11.5. The van der Waals surface area contributed by atoms with Gasteiger partial charge in [-0.05, 0) is 26.1 Å². The largest absolute Gasteiger partial charge is 0.396 e. The highest BCUT2D eigenvalue weighted by molar-refractivity contribution is 7.80. The van der Waals surface area contributed by atoms with Crippen LogP contribution in [0.1, 0.15) is 20.8 Å². The Hall–Kier alpha value is -0.720. The number of nitrogens with zero attached hydrogens (tertiary/aromatic N) is 1. The predicted octanol–water partition coefficient (Wildman–Crippen LogP) is 1.18. The summed E-state index contributed by atoms with van der Waals surface area (Å²) in [6.07, 6.45) is 1.83. The number of nitrogens with one attached hydrogen (secondary N) is 2. The summed E-state index contributed by atoms with van der Waals surface area (Å²) in [5.41, 5.74) is 8.78. The molecule has 1 atom stereocenters. The van der Waals surface area contributed by atoms with Crippen LogP contribution in [0.15, 0.2) is 12.7 Å². The van der Waals surface area contributed by atoms with Crippen molar-refractivity contribution < 1.29 is 0 Å². The van der Waals surface area contributed by atoms with Crippen LogP contribution in [0.3, 0.4) is 0 Å². The van der Waals surface area contributed by atoms with E-state index in [1.807, 2.05) is 24.9 Å². The normalized spacial score (nSPS) is 10.4. The molecule has 0 amide bonds. The highest BCUT2D eigenvalue weighted by atomic mass is 32.1. The van der Waals surface area contributed by atoms with Gasteiger partial charge in [0.1, 0.15) is 0 Å². The quantitative estimate of drug-likeness (QED) is 0.393. The lowest BCUT2D eigenvalue weighted by molar-refractivity contribution is 0.324. The minimum Gasteiger partial charge on any atom is -0.396 e. The van der Waals surface area contributed by atoms with Crippen LogP contribution >= 0.6 is 24.4 Å². The van der Waals surface area contributed by atoms with Gasteiger partial charge in [0.05, 0.1) is 5.49 Å². The molecule has 0 radical (unpaired) electrons.